The minimum Gasteiger partial charge on any atom is -0.493 e. The molecular weight excluding hydrogens is 440 g/mol. The van der Waals surface area contributed by atoms with Crippen LogP contribution in [0.2, 0.25) is 0 Å². The summed E-state index contributed by atoms with van der Waals surface area (Å²) in [7, 11) is 3.21. The van der Waals surface area contributed by atoms with Crippen LogP contribution in [0.15, 0.2) is 48.5 Å². The van der Waals surface area contributed by atoms with Crippen molar-refractivity contribution in [1.29, 1.82) is 0 Å². The van der Waals surface area contributed by atoms with Gasteiger partial charge in [0.25, 0.3) is 0 Å². The number of carbonyl (C=O) groups is 2. The minimum atomic E-state index is -0.597. The third kappa shape index (κ3) is 10.8. The first-order valence-electron chi connectivity index (χ1n) is 12.9. The molecule has 2 aromatic rings. The van der Waals surface area contributed by atoms with Gasteiger partial charge in [0.1, 0.15) is 6.04 Å². The maximum absolute atomic E-state index is 13.0. The highest BCUT2D eigenvalue weighted by Crippen LogP contribution is 2.27. The smallest absolute Gasteiger partial charge is 0.242 e. The molecule has 192 valence electrons. The molecule has 0 aromatic heterocycles. The molecule has 2 aromatic carbocycles. The fourth-order valence-electron chi connectivity index (χ4n) is 4.06. The first-order valence-corrected chi connectivity index (χ1v) is 12.9. The van der Waals surface area contributed by atoms with E-state index in [1.165, 1.54) is 25.7 Å². The average molecular weight is 483 g/mol. The number of amides is 2. The van der Waals surface area contributed by atoms with E-state index in [9.17, 15) is 9.59 Å². The van der Waals surface area contributed by atoms with E-state index in [1.54, 1.807) is 14.2 Å². The highest BCUT2D eigenvalue weighted by Gasteiger charge is 2.21. The lowest BCUT2D eigenvalue weighted by atomic mass is 10.0. The molecule has 0 aliphatic carbocycles. The van der Waals surface area contributed by atoms with E-state index in [0.29, 0.717) is 37.3 Å². The largest absolute Gasteiger partial charge is 0.493 e. The molecule has 6 nitrogen and oxygen atoms in total. The van der Waals surface area contributed by atoms with Gasteiger partial charge in [-0.05, 0) is 36.1 Å². The summed E-state index contributed by atoms with van der Waals surface area (Å²) in [5.41, 5.74) is 2.05. The van der Waals surface area contributed by atoms with Gasteiger partial charge in [-0.1, -0.05) is 81.8 Å². The molecule has 2 rings (SSSR count). The molecule has 2 N–H and O–H groups in total. The van der Waals surface area contributed by atoms with Gasteiger partial charge in [0.2, 0.25) is 11.8 Å². The van der Waals surface area contributed by atoms with Crippen molar-refractivity contribution in [2.24, 2.45) is 0 Å². The molecule has 0 bridgehead atoms. The van der Waals surface area contributed by atoms with Crippen LogP contribution in [0, 0.1) is 0 Å². The summed E-state index contributed by atoms with van der Waals surface area (Å²) in [5.74, 6) is 1.11. The second-order valence-electron chi connectivity index (χ2n) is 8.91. The Morgan fingerprint density at radius 1 is 0.829 bits per heavy atom. The Kier molecular flexibility index (Phi) is 13.4. The van der Waals surface area contributed by atoms with Crippen molar-refractivity contribution in [3.63, 3.8) is 0 Å². The van der Waals surface area contributed by atoms with E-state index in [2.05, 4.69) is 17.6 Å². The first-order chi connectivity index (χ1) is 17.1. The number of hydrogen-bond donors (Lipinski definition) is 2. The van der Waals surface area contributed by atoms with Gasteiger partial charge in [-0.2, -0.15) is 0 Å². The Labute approximate surface area is 210 Å². The molecule has 0 saturated heterocycles. The zero-order chi connectivity index (χ0) is 25.3. The fourth-order valence-corrected chi connectivity index (χ4v) is 4.06. The van der Waals surface area contributed by atoms with Gasteiger partial charge in [-0.25, -0.2) is 0 Å². The number of unbranched alkanes of at least 4 members (excludes halogenated alkanes) is 6. The average Bonchev–Trinajstić information content (AvgIpc) is 2.88. The molecule has 2 amide bonds. The summed E-state index contributed by atoms with van der Waals surface area (Å²) in [5, 5.41) is 5.96. The normalized spacial score (nSPS) is 11.5. The monoisotopic (exact) mass is 482 g/mol. The predicted octanol–water partition coefficient (Wildman–Crippen LogP) is 5.23. The maximum atomic E-state index is 13.0. The van der Waals surface area contributed by atoms with Crippen LogP contribution in [-0.2, 0) is 22.4 Å². The number of nitrogens with one attached hydrogen (secondary N) is 2. The minimum absolute atomic E-state index is 0.0606. The van der Waals surface area contributed by atoms with Crippen LogP contribution in [0.3, 0.4) is 0 Å². The van der Waals surface area contributed by atoms with Gasteiger partial charge in [-0.15, -0.1) is 0 Å². The lowest BCUT2D eigenvalue weighted by Crippen LogP contribution is -2.48. The Morgan fingerprint density at radius 2 is 1.51 bits per heavy atom. The van der Waals surface area contributed by atoms with Crippen molar-refractivity contribution in [1.82, 2.24) is 10.6 Å². The molecular formula is C29H42N2O4. The Balaban J connectivity index is 1.86. The second kappa shape index (κ2) is 16.6. The Morgan fingerprint density at radius 3 is 2.20 bits per heavy atom. The van der Waals surface area contributed by atoms with Gasteiger partial charge >= 0.3 is 0 Å². The van der Waals surface area contributed by atoms with Crippen LogP contribution < -0.4 is 20.1 Å². The van der Waals surface area contributed by atoms with Gasteiger partial charge in [0, 0.05) is 19.4 Å². The summed E-state index contributed by atoms with van der Waals surface area (Å²) >= 11 is 0. The van der Waals surface area contributed by atoms with Gasteiger partial charge in [0.15, 0.2) is 11.5 Å². The van der Waals surface area contributed by atoms with Crippen LogP contribution in [0.4, 0.5) is 0 Å². The zero-order valence-electron chi connectivity index (χ0n) is 21.6. The number of hydrogen-bond acceptors (Lipinski definition) is 4. The number of rotatable bonds is 17. The molecule has 1 unspecified atom stereocenters. The van der Waals surface area contributed by atoms with Gasteiger partial charge in [0.05, 0.1) is 14.2 Å². The quantitative estimate of drug-likeness (QED) is 0.303. The van der Waals surface area contributed by atoms with Gasteiger partial charge < -0.3 is 20.1 Å². The maximum Gasteiger partial charge on any atom is 0.242 e. The summed E-state index contributed by atoms with van der Waals surface area (Å²) < 4.78 is 10.6. The molecule has 35 heavy (non-hydrogen) atoms. The number of carbonyl (C=O) groups excluding carboxylic acids is 2. The molecule has 1 atom stereocenters. The van der Waals surface area contributed by atoms with Gasteiger partial charge in [-0.3, -0.25) is 9.59 Å². The van der Waals surface area contributed by atoms with Crippen molar-refractivity contribution in [2.45, 2.75) is 77.2 Å². The molecule has 0 aliphatic rings. The van der Waals surface area contributed by atoms with Crippen LogP contribution >= 0.6 is 0 Å². The van der Waals surface area contributed by atoms with Crippen LogP contribution in [0.25, 0.3) is 0 Å². The van der Waals surface area contributed by atoms with E-state index in [0.717, 1.165) is 30.4 Å². The van der Waals surface area contributed by atoms with E-state index < -0.39 is 6.04 Å². The van der Waals surface area contributed by atoms with Crippen molar-refractivity contribution in [2.75, 3.05) is 20.8 Å². The van der Waals surface area contributed by atoms with E-state index in [1.807, 2.05) is 48.5 Å². The van der Waals surface area contributed by atoms with Crippen LogP contribution in [0.5, 0.6) is 11.5 Å². The Hall–Kier alpha value is -3.02. The third-order valence-electron chi connectivity index (χ3n) is 6.10. The van der Waals surface area contributed by atoms with Crippen molar-refractivity contribution in [3.05, 3.63) is 59.7 Å². The van der Waals surface area contributed by atoms with E-state index >= 15 is 0 Å². The van der Waals surface area contributed by atoms with E-state index in [-0.39, 0.29) is 11.8 Å². The summed E-state index contributed by atoms with van der Waals surface area (Å²) in [4.78, 5) is 25.6. The molecule has 0 radical (unpaired) electrons. The molecule has 0 saturated carbocycles. The predicted molar refractivity (Wildman–Crippen MR) is 141 cm³/mol. The lowest BCUT2D eigenvalue weighted by molar-refractivity contribution is -0.129. The number of ether oxygens (including phenoxy) is 2. The molecule has 6 heteroatoms. The number of benzene rings is 2. The second-order valence-corrected chi connectivity index (χ2v) is 8.91. The van der Waals surface area contributed by atoms with Crippen LogP contribution in [-0.4, -0.2) is 38.6 Å². The number of methoxy groups -OCH3 is 2. The van der Waals surface area contributed by atoms with E-state index in [4.69, 9.17) is 9.47 Å². The highest BCUT2D eigenvalue weighted by atomic mass is 16.5. The topological polar surface area (TPSA) is 76.7 Å². The summed E-state index contributed by atoms with van der Waals surface area (Å²) in [6.45, 7) is 2.68. The zero-order valence-corrected chi connectivity index (χ0v) is 21.6. The molecule has 0 aliphatic heterocycles. The molecule has 0 fully saturated rings. The highest BCUT2D eigenvalue weighted by molar-refractivity contribution is 5.87. The SMILES string of the molecule is CCCCCCCCCC(=O)NC(Cc1ccccc1)C(=O)NCCc1ccc(OC)c(OC)c1. The Bertz CT molecular complexity index is 886. The van der Waals surface area contributed by atoms with Crippen molar-refractivity contribution < 1.29 is 19.1 Å². The fraction of sp³-hybridized carbons (Fsp3) is 0.517. The summed E-state index contributed by atoms with van der Waals surface area (Å²) in [6, 6.07) is 14.9. The standard InChI is InChI=1S/C29H42N2O4/c1-4-5-6-7-8-9-13-16-28(32)31-25(21-23-14-11-10-12-15-23)29(33)30-20-19-24-17-18-26(34-2)27(22-24)35-3/h10-12,14-15,17-18,22,25H,4-9,13,16,19-21H2,1-3H3,(H,30,33)(H,31,32). The van der Waals surface area contributed by atoms with Crippen molar-refractivity contribution >= 4 is 11.8 Å². The van der Waals surface area contributed by atoms with Crippen LogP contribution in [0.1, 0.15) is 69.4 Å². The molecule has 0 spiro atoms. The summed E-state index contributed by atoms with van der Waals surface area (Å²) in [6.07, 6.45) is 9.66. The lowest BCUT2D eigenvalue weighted by Gasteiger charge is -2.19. The third-order valence-corrected chi connectivity index (χ3v) is 6.10. The molecule has 0 heterocycles. The first kappa shape index (κ1) is 28.2. The van der Waals surface area contributed by atoms with Crippen molar-refractivity contribution in [3.8, 4) is 11.5 Å².